The van der Waals surface area contributed by atoms with Crippen LogP contribution in [0.15, 0.2) is 23.1 Å². The molecule has 0 fully saturated rings. The summed E-state index contributed by atoms with van der Waals surface area (Å²) in [6.45, 7) is 3.93. The van der Waals surface area contributed by atoms with Crippen molar-refractivity contribution in [3.63, 3.8) is 0 Å². The van der Waals surface area contributed by atoms with Crippen molar-refractivity contribution in [3.8, 4) is 5.75 Å². The lowest BCUT2D eigenvalue weighted by Gasteiger charge is -2.01. The molecule has 1 atom stereocenters. The molecule has 72 valence electrons. The van der Waals surface area contributed by atoms with Gasteiger partial charge in [0, 0.05) is 10.3 Å². The molecule has 2 nitrogen and oxygen atoms in total. The monoisotopic (exact) mass is 198 g/mol. The Hall–Kier alpha value is -0.800. The highest BCUT2D eigenvalue weighted by atomic mass is 32.1. The van der Waals surface area contributed by atoms with Crippen LogP contribution in [0.2, 0.25) is 0 Å². The summed E-state index contributed by atoms with van der Waals surface area (Å²) < 4.78 is 5.03. The summed E-state index contributed by atoms with van der Waals surface area (Å²) >= 11 is 1.50. The van der Waals surface area contributed by atoms with E-state index in [9.17, 15) is 5.11 Å². The van der Waals surface area contributed by atoms with Crippen molar-refractivity contribution < 1.29 is 9.84 Å². The van der Waals surface area contributed by atoms with Gasteiger partial charge in [0.2, 0.25) is 0 Å². The van der Waals surface area contributed by atoms with Crippen molar-refractivity contribution in [1.82, 2.24) is 0 Å². The Labute approximate surface area is 82.5 Å². The van der Waals surface area contributed by atoms with Crippen LogP contribution in [-0.2, 0) is 0 Å². The predicted molar refractivity (Wildman–Crippen MR) is 55.3 cm³/mol. The maximum atomic E-state index is 9.68. The van der Waals surface area contributed by atoms with Gasteiger partial charge in [0.25, 0.3) is 0 Å². The van der Waals surface area contributed by atoms with Crippen LogP contribution in [0.3, 0.4) is 0 Å². The Balaban J connectivity index is 2.77. The summed E-state index contributed by atoms with van der Waals surface area (Å²) in [5.74, 6) is 0.807. The fourth-order valence-electron chi connectivity index (χ4n) is 0.994. The van der Waals surface area contributed by atoms with Crippen molar-refractivity contribution in [3.05, 3.63) is 28.0 Å². The lowest BCUT2D eigenvalue weighted by molar-refractivity contribution is 0.231. The van der Waals surface area contributed by atoms with Gasteiger partial charge < -0.3 is 9.84 Å². The summed E-state index contributed by atoms with van der Waals surface area (Å²) in [6, 6.07) is 1.86. The minimum Gasteiger partial charge on any atom is -0.496 e. The zero-order valence-corrected chi connectivity index (χ0v) is 8.89. The third kappa shape index (κ3) is 2.86. The van der Waals surface area contributed by atoms with Gasteiger partial charge in [0.05, 0.1) is 7.11 Å². The average Bonchev–Trinajstić information content (AvgIpc) is 2.50. The third-order valence-electron chi connectivity index (χ3n) is 1.61. The molecular formula is C10H14O2S. The average molecular weight is 198 g/mol. The molecule has 0 aliphatic heterocycles. The van der Waals surface area contributed by atoms with Gasteiger partial charge in [-0.25, -0.2) is 0 Å². The fraction of sp³-hybridized carbons (Fsp3) is 0.400. The molecule has 1 aromatic heterocycles. The first-order valence-electron chi connectivity index (χ1n) is 4.09. The second-order valence-electron chi connectivity index (χ2n) is 3.08. The smallest absolute Gasteiger partial charge is 0.129 e. The number of rotatable bonds is 3. The summed E-state index contributed by atoms with van der Waals surface area (Å²) in [5, 5.41) is 11.6. The Kier molecular flexibility index (Phi) is 3.51. The Morgan fingerprint density at radius 1 is 1.62 bits per heavy atom. The molecule has 0 radical (unpaired) electrons. The second kappa shape index (κ2) is 4.44. The summed E-state index contributed by atoms with van der Waals surface area (Å²) in [5.41, 5.74) is 1.11. The molecule has 3 heteroatoms. The first-order valence-corrected chi connectivity index (χ1v) is 4.97. The Bertz CT molecular complexity index is 298. The molecule has 1 unspecified atom stereocenters. The topological polar surface area (TPSA) is 29.5 Å². The minimum absolute atomic E-state index is 0.501. The number of thiophene rings is 1. The molecule has 0 spiro atoms. The van der Waals surface area contributed by atoms with Crippen LogP contribution in [0.5, 0.6) is 5.75 Å². The second-order valence-corrected chi connectivity index (χ2v) is 4.02. The van der Waals surface area contributed by atoms with E-state index in [4.69, 9.17) is 4.74 Å². The lowest BCUT2D eigenvalue weighted by atomic mass is 10.2. The Morgan fingerprint density at radius 3 is 2.77 bits per heavy atom. The van der Waals surface area contributed by atoms with Crippen LogP contribution in [0.4, 0.5) is 0 Å². The van der Waals surface area contributed by atoms with Crippen molar-refractivity contribution in [2.24, 2.45) is 0 Å². The van der Waals surface area contributed by atoms with Crippen LogP contribution >= 0.6 is 11.3 Å². The molecule has 0 saturated heterocycles. The van der Waals surface area contributed by atoms with E-state index in [2.05, 4.69) is 0 Å². The van der Waals surface area contributed by atoms with Crippen molar-refractivity contribution >= 4 is 11.3 Å². The minimum atomic E-state index is -0.501. The van der Waals surface area contributed by atoms with E-state index in [0.717, 1.165) is 16.2 Å². The Morgan fingerprint density at radius 2 is 2.31 bits per heavy atom. The van der Waals surface area contributed by atoms with E-state index < -0.39 is 6.10 Å². The molecule has 0 amide bonds. The molecule has 0 aliphatic rings. The molecule has 0 saturated carbocycles. The van der Waals surface area contributed by atoms with Gasteiger partial charge in [-0.05, 0) is 19.9 Å². The molecule has 13 heavy (non-hydrogen) atoms. The zero-order chi connectivity index (χ0) is 9.84. The SMILES string of the molecule is COc1csc(C(O)C=C(C)C)c1. The summed E-state index contributed by atoms with van der Waals surface area (Å²) in [7, 11) is 1.62. The number of methoxy groups -OCH3 is 1. The van der Waals surface area contributed by atoms with E-state index >= 15 is 0 Å². The van der Waals surface area contributed by atoms with Crippen molar-refractivity contribution in [1.29, 1.82) is 0 Å². The molecule has 1 rings (SSSR count). The largest absolute Gasteiger partial charge is 0.496 e. The van der Waals surface area contributed by atoms with Crippen molar-refractivity contribution in [2.75, 3.05) is 7.11 Å². The third-order valence-corrected chi connectivity index (χ3v) is 2.60. The van der Waals surface area contributed by atoms with Crippen LogP contribution in [-0.4, -0.2) is 12.2 Å². The number of ether oxygens (including phenoxy) is 1. The predicted octanol–water partition coefficient (Wildman–Crippen LogP) is 2.76. The van der Waals surface area contributed by atoms with E-state index in [1.165, 1.54) is 11.3 Å². The number of hydrogen-bond donors (Lipinski definition) is 1. The highest BCUT2D eigenvalue weighted by molar-refractivity contribution is 7.10. The van der Waals surface area contributed by atoms with Gasteiger partial charge in [-0.3, -0.25) is 0 Å². The quantitative estimate of drug-likeness (QED) is 0.757. The summed E-state index contributed by atoms with van der Waals surface area (Å²) in [6.07, 6.45) is 1.32. The van der Waals surface area contributed by atoms with Crippen molar-refractivity contribution in [2.45, 2.75) is 20.0 Å². The fourth-order valence-corrected chi connectivity index (χ4v) is 1.80. The zero-order valence-electron chi connectivity index (χ0n) is 8.07. The molecule has 0 aromatic carbocycles. The van der Waals surface area contributed by atoms with Gasteiger partial charge in [0.15, 0.2) is 0 Å². The standard InChI is InChI=1S/C10H14O2S/c1-7(2)4-9(11)10-5-8(12-3)6-13-10/h4-6,9,11H,1-3H3. The number of aliphatic hydroxyl groups is 1. The van der Waals surface area contributed by atoms with E-state index in [1.54, 1.807) is 7.11 Å². The van der Waals surface area contributed by atoms with Gasteiger partial charge in [-0.15, -0.1) is 11.3 Å². The van der Waals surface area contributed by atoms with Crippen LogP contribution in [0.25, 0.3) is 0 Å². The molecule has 0 aliphatic carbocycles. The van der Waals surface area contributed by atoms with Gasteiger partial charge in [-0.2, -0.15) is 0 Å². The molecule has 0 bridgehead atoms. The number of aliphatic hydroxyl groups excluding tert-OH is 1. The first kappa shape index (κ1) is 10.3. The molecule has 1 N–H and O–H groups in total. The molecule has 1 heterocycles. The normalized spacial score (nSPS) is 12.3. The molecular weight excluding hydrogens is 184 g/mol. The van der Waals surface area contributed by atoms with E-state index in [-0.39, 0.29) is 0 Å². The van der Waals surface area contributed by atoms with Gasteiger partial charge in [0.1, 0.15) is 11.9 Å². The molecule has 1 aromatic rings. The van der Waals surface area contributed by atoms with Crippen LogP contribution < -0.4 is 4.74 Å². The van der Waals surface area contributed by atoms with Gasteiger partial charge >= 0.3 is 0 Å². The highest BCUT2D eigenvalue weighted by Crippen LogP contribution is 2.27. The lowest BCUT2D eigenvalue weighted by Crippen LogP contribution is -1.89. The van der Waals surface area contributed by atoms with E-state index in [0.29, 0.717) is 0 Å². The van der Waals surface area contributed by atoms with Crippen LogP contribution in [0.1, 0.15) is 24.8 Å². The highest BCUT2D eigenvalue weighted by Gasteiger charge is 2.07. The van der Waals surface area contributed by atoms with E-state index in [1.807, 2.05) is 31.4 Å². The first-order chi connectivity index (χ1) is 6.13. The summed E-state index contributed by atoms with van der Waals surface area (Å²) in [4.78, 5) is 0.915. The van der Waals surface area contributed by atoms with Crippen LogP contribution in [0, 0.1) is 0 Å². The maximum absolute atomic E-state index is 9.68. The van der Waals surface area contributed by atoms with Gasteiger partial charge in [-0.1, -0.05) is 11.6 Å². The number of allylic oxidation sites excluding steroid dienone is 1. The maximum Gasteiger partial charge on any atom is 0.129 e. The number of hydrogen-bond acceptors (Lipinski definition) is 3.